The van der Waals surface area contributed by atoms with Crippen LogP contribution in [-0.2, 0) is 9.59 Å². The van der Waals surface area contributed by atoms with Crippen LogP contribution in [0, 0.1) is 6.92 Å². The predicted molar refractivity (Wildman–Crippen MR) is 110 cm³/mol. The Hall–Kier alpha value is -2.56. The maximum absolute atomic E-state index is 12.1. The molecule has 11 heteroatoms. The van der Waals surface area contributed by atoms with E-state index in [4.69, 9.17) is 20.8 Å². The first-order valence-corrected chi connectivity index (χ1v) is 9.99. The Morgan fingerprint density at radius 1 is 1.45 bits per heavy atom. The molecule has 2 heterocycles. The molecule has 0 saturated heterocycles. The molecule has 0 radical (unpaired) electrons. The fourth-order valence-corrected chi connectivity index (χ4v) is 3.46. The Morgan fingerprint density at radius 2 is 2.24 bits per heavy atom. The van der Waals surface area contributed by atoms with E-state index in [2.05, 4.69) is 15.6 Å². The smallest absolute Gasteiger partial charge is 0.355 e. The predicted octanol–water partition coefficient (Wildman–Crippen LogP) is 0.830. The standard InChI is InChI=1S/C18H18ClN3O6S/c1-9-11-3-2-10(6-13(11)28-17(26)15(9)19)27-8-14(24)21-12(7-23)16(25)22-18-20-4-5-29-18/h2-3,6,12,23H,4-5,7-8H2,1H3,(H,21,24)(H,20,22,25). The van der Waals surface area contributed by atoms with Crippen molar-refractivity contribution in [3.05, 3.63) is 39.2 Å². The van der Waals surface area contributed by atoms with Crippen molar-refractivity contribution in [2.75, 3.05) is 25.5 Å². The molecular formula is C18H18ClN3O6S. The highest BCUT2D eigenvalue weighted by molar-refractivity contribution is 8.14. The van der Waals surface area contributed by atoms with Crippen LogP contribution in [-0.4, -0.2) is 53.6 Å². The molecule has 154 valence electrons. The number of amides is 2. The van der Waals surface area contributed by atoms with Gasteiger partial charge in [0.1, 0.15) is 22.4 Å². The summed E-state index contributed by atoms with van der Waals surface area (Å²) >= 11 is 7.28. The first kappa shape index (κ1) is 21.2. The van der Waals surface area contributed by atoms with Crippen LogP contribution in [0.1, 0.15) is 5.56 Å². The zero-order valence-corrected chi connectivity index (χ0v) is 16.9. The number of halogens is 1. The molecule has 1 atom stereocenters. The van der Waals surface area contributed by atoms with Gasteiger partial charge in [-0.25, -0.2) is 4.79 Å². The minimum atomic E-state index is -1.13. The van der Waals surface area contributed by atoms with E-state index >= 15 is 0 Å². The maximum atomic E-state index is 12.1. The topological polar surface area (TPSA) is 130 Å². The number of rotatable bonds is 6. The summed E-state index contributed by atoms with van der Waals surface area (Å²) in [5.74, 6) is -0.0980. The number of aliphatic hydroxyl groups excluding tert-OH is 1. The van der Waals surface area contributed by atoms with Crippen molar-refractivity contribution in [1.82, 2.24) is 10.6 Å². The van der Waals surface area contributed by atoms with Gasteiger partial charge in [0.2, 0.25) is 0 Å². The van der Waals surface area contributed by atoms with Crippen LogP contribution < -0.4 is 21.0 Å². The van der Waals surface area contributed by atoms with Gasteiger partial charge in [-0.2, -0.15) is 0 Å². The fourth-order valence-electron chi connectivity index (χ4n) is 2.58. The Bertz CT molecular complexity index is 1040. The van der Waals surface area contributed by atoms with Gasteiger partial charge in [0.05, 0.1) is 13.2 Å². The summed E-state index contributed by atoms with van der Waals surface area (Å²) in [6.07, 6.45) is 0. The van der Waals surface area contributed by atoms with Crippen molar-refractivity contribution < 1.29 is 23.8 Å². The van der Waals surface area contributed by atoms with Crippen LogP contribution >= 0.6 is 23.4 Å². The van der Waals surface area contributed by atoms with Crippen LogP contribution in [0.4, 0.5) is 0 Å². The third-order valence-corrected chi connectivity index (χ3v) is 5.42. The van der Waals surface area contributed by atoms with Crippen molar-refractivity contribution >= 4 is 51.3 Å². The lowest BCUT2D eigenvalue weighted by Crippen LogP contribution is -2.50. The lowest BCUT2D eigenvalue weighted by atomic mass is 10.1. The van der Waals surface area contributed by atoms with Crippen molar-refractivity contribution in [2.45, 2.75) is 13.0 Å². The molecule has 0 fully saturated rings. The van der Waals surface area contributed by atoms with Gasteiger partial charge < -0.3 is 24.9 Å². The number of hydrogen-bond acceptors (Lipinski definition) is 8. The first-order valence-electron chi connectivity index (χ1n) is 8.63. The highest BCUT2D eigenvalue weighted by Crippen LogP contribution is 2.25. The Kier molecular flexibility index (Phi) is 6.78. The fraction of sp³-hybridized carbons (Fsp3) is 0.333. The Balaban J connectivity index is 1.60. The highest BCUT2D eigenvalue weighted by Gasteiger charge is 2.22. The van der Waals surface area contributed by atoms with Crippen LogP contribution in [0.3, 0.4) is 0 Å². The second kappa shape index (κ2) is 9.29. The first-order chi connectivity index (χ1) is 13.9. The number of thioether (sulfide) groups is 1. The summed E-state index contributed by atoms with van der Waals surface area (Å²) in [6, 6.07) is 3.61. The van der Waals surface area contributed by atoms with Gasteiger partial charge in [-0.1, -0.05) is 23.4 Å². The van der Waals surface area contributed by atoms with E-state index in [1.165, 1.54) is 17.8 Å². The van der Waals surface area contributed by atoms with Crippen molar-refractivity contribution in [3.8, 4) is 5.75 Å². The monoisotopic (exact) mass is 439 g/mol. The van der Waals surface area contributed by atoms with Gasteiger partial charge in [0.15, 0.2) is 11.8 Å². The van der Waals surface area contributed by atoms with Crippen LogP contribution in [0.2, 0.25) is 5.02 Å². The van der Waals surface area contributed by atoms with Crippen molar-refractivity contribution in [3.63, 3.8) is 0 Å². The minimum absolute atomic E-state index is 0.0147. The average molecular weight is 440 g/mol. The van der Waals surface area contributed by atoms with E-state index in [1.807, 2.05) is 0 Å². The van der Waals surface area contributed by atoms with Gasteiger partial charge in [-0.15, -0.1) is 0 Å². The molecule has 3 rings (SSSR count). The quantitative estimate of drug-likeness (QED) is 0.568. The van der Waals surface area contributed by atoms with Crippen molar-refractivity contribution in [1.29, 1.82) is 0 Å². The van der Waals surface area contributed by atoms with Gasteiger partial charge in [0, 0.05) is 17.2 Å². The molecule has 29 heavy (non-hydrogen) atoms. The summed E-state index contributed by atoms with van der Waals surface area (Å²) in [7, 11) is 0. The van der Waals surface area contributed by atoms with Gasteiger partial charge >= 0.3 is 5.63 Å². The number of amidine groups is 1. The molecule has 3 N–H and O–H groups in total. The van der Waals surface area contributed by atoms with Gasteiger partial charge in [0.25, 0.3) is 11.8 Å². The number of carbonyl (C=O) groups excluding carboxylic acids is 2. The molecule has 0 aliphatic carbocycles. The number of aryl methyl sites for hydroxylation is 1. The SMILES string of the molecule is Cc1c(Cl)c(=O)oc2cc(OCC(=O)NC(CO)C(=O)NC3=NCCS3)ccc12. The number of fused-ring (bicyclic) bond motifs is 1. The van der Waals surface area contributed by atoms with Gasteiger partial charge in [-0.3, -0.25) is 14.6 Å². The van der Waals surface area contributed by atoms with E-state index in [0.29, 0.717) is 28.4 Å². The third kappa shape index (κ3) is 5.08. The van der Waals surface area contributed by atoms with E-state index in [9.17, 15) is 19.5 Å². The molecule has 1 aliphatic heterocycles. The van der Waals surface area contributed by atoms with E-state index in [-0.39, 0.29) is 10.6 Å². The molecule has 0 spiro atoms. The van der Waals surface area contributed by atoms with E-state index < -0.39 is 36.7 Å². The zero-order valence-electron chi connectivity index (χ0n) is 15.4. The Labute approximate surface area is 174 Å². The second-order valence-corrected chi connectivity index (χ2v) is 7.56. The van der Waals surface area contributed by atoms with Crippen LogP contribution in [0.15, 0.2) is 32.4 Å². The molecule has 0 bridgehead atoms. The number of hydrogen-bond donors (Lipinski definition) is 3. The van der Waals surface area contributed by atoms with Crippen LogP contribution in [0.5, 0.6) is 5.75 Å². The maximum Gasteiger partial charge on any atom is 0.355 e. The normalized spacial score (nSPS) is 14.4. The molecule has 1 aromatic carbocycles. The summed E-state index contributed by atoms with van der Waals surface area (Å²) in [4.78, 5) is 40.0. The summed E-state index contributed by atoms with van der Waals surface area (Å²) in [5.41, 5.74) is 0.203. The Morgan fingerprint density at radius 3 is 2.93 bits per heavy atom. The molecule has 1 aliphatic rings. The third-order valence-electron chi connectivity index (χ3n) is 4.09. The largest absolute Gasteiger partial charge is 0.484 e. The molecule has 2 aromatic rings. The lowest BCUT2D eigenvalue weighted by Gasteiger charge is -2.16. The summed E-state index contributed by atoms with van der Waals surface area (Å²) < 4.78 is 10.5. The minimum Gasteiger partial charge on any atom is -0.484 e. The molecule has 1 unspecified atom stereocenters. The number of aliphatic hydroxyl groups is 1. The lowest BCUT2D eigenvalue weighted by molar-refractivity contribution is -0.130. The zero-order chi connectivity index (χ0) is 21.0. The summed E-state index contributed by atoms with van der Waals surface area (Å²) in [6.45, 7) is 1.34. The van der Waals surface area contributed by atoms with E-state index in [0.717, 1.165) is 5.75 Å². The molecule has 2 amide bonds. The molecule has 9 nitrogen and oxygen atoms in total. The molecule has 1 aromatic heterocycles. The summed E-state index contributed by atoms with van der Waals surface area (Å²) in [5, 5.41) is 15.5. The van der Waals surface area contributed by atoms with Crippen molar-refractivity contribution in [2.24, 2.45) is 4.99 Å². The molecule has 0 saturated carbocycles. The highest BCUT2D eigenvalue weighted by atomic mass is 35.5. The number of aliphatic imine (C=N–C) groups is 1. The number of ether oxygens (including phenoxy) is 1. The van der Waals surface area contributed by atoms with Gasteiger partial charge in [-0.05, 0) is 24.6 Å². The second-order valence-electron chi connectivity index (χ2n) is 6.10. The average Bonchev–Trinajstić information content (AvgIpc) is 3.21. The van der Waals surface area contributed by atoms with E-state index in [1.54, 1.807) is 19.1 Å². The number of carbonyl (C=O) groups is 2. The number of nitrogens with zero attached hydrogens (tertiary/aromatic N) is 1. The number of nitrogens with one attached hydrogen (secondary N) is 2. The van der Waals surface area contributed by atoms with Crippen LogP contribution in [0.25, 0.3) is 11.0 Å². The number of benzene rings is 1. The molecular weight excluding hydrogens is 422 g/mol.